The molecule has 0 aromatic carbocycles. The van der Waals surface area contributed by atoms with Crippen LogP contribution < -0.4 is 0 Å². The monoisotopic (exact) mass is 250 g/mol. The van der Waals surface area contributed by atoms with Gasteiger partial charge in [0.1, 0.15) is 6.54 Å². The summed E-state index contributed by atoms with van der Waals surface area (Å²) in [5.41, 5.74) is 0. The number of thiophene rings is 1. The molecule has 0 radical (unpaired) electrons. The van der Waals surface area contributed by atoms with Crippen molar-refractivity contribution >= 4 is 40.3 Å². The van der Waals surface area contributed by atoms with Gasteiger partial charge in [-0.25, -0.2) is 0 Å². The van der Waals surface area contributed by atoms with Crippen LogP contribution in [0.4, 0.5) is 4.79 Å². The molecule has 1 saturated heterocycles. The summed E-state index contributed by atoms with van der Waals surface area (Å²) in [6.45, 7) is -0.188. The number of thioether (sulfide) groups is 1. The lowest BCUT2D eigenvalue weighted by Crippen LogP contribution is -2.28. The summed E-state index contributed by atoms with van der Waals surface area (Å²) in [5.74, 6) is -0.384. The average Bonchev–Trinajstić information content (AvgIpc) is 2.84. The van der Waals surface area contributed by atoms with E-state index in [4.69, 9.17) is 5.26 Å². The van der Waals surface area contributed by atoms with Crippen molar-refractivity contribution in [3.63, 3.8) is 0 Å². The van der Waals surface area contributed by atoms with Gasteiger partial charge in [-0.2, -0.15) is 5.26 Å². The zero-order valence-electron chi connectivity index (χ0n) is 8.04. The molecule has 1 aromatic rings. The normalized spacial score (nSPS) is 18.2. The Morgan fingerprint density at radius 1 is 1.50 bits per heavy atom. The van der Waals surface area contributed by atoms with E-state index in [2.05, 4.69) is 0 Å². The zero-order valence-corrected chi connectivity index (χ0v) is 9.68. The van der Waals surface area contributed by atoms with Crippen LogP contribution in [0.25, 0.3) is 6.08 Å². The van der Waals surface area contributed by atoms with E-state index in [1.165, 1.54) is 11.3 Å². The predicted octanol–water partition coefficient (Wildman–Crippen LogP) is 2.31. The van der Waals surface area contributed by atoms with Gasteiger partial charge in [0.25, 0.3) is 11.1 Å². The third kappa shape index (κ3) is 2.01. The minimum absolute atomic E-state index is 0.188. The van der Waals surface area contributed by atoms with Crippen LogP contribution in [0, 0.1) is 11.3 Å². The summed E-state index contributed by atoms with van der Waals surface area (Å²) in [6.07, 6.45) is 1.67. The summed E-state index contributed by atoms with van der Waals surface area (Å²) >= 11 is 2.36. The van der Waals surface area contributed by atoms with Crippen LogP contribution >= 0.6 is 23.1 Å². The number of amides is 2. The van der Waals surface area contributed by atoms with Gasteiger partial charge >= 0.3 is 0 Å². The predicted molar refractivity (Wildman–Crippen MR) is 62.6 cm³/mol. The summed E-state index contributed by atoms with van der Waals surface area (Å²) < 4.78 is 0. The van der Waals surface area contributed by atoms with Crippen molar-refractivity contribution in [1.29, 1.82) is 5.26 Å². The van der Waals surface area contributed by atoms with Crippen molar-refractivity contribution in [1.82, 2.24) is 4.90 Å². The molecular weight excluding hydrogens is 244 g/mol. The van der Waals surface area contributed by atoms with Gasteiger partial charge in [0, 0.05) is 4.88 Å². The Labute approximate surface area is 100 Å². The molecule has 0 saturated carbocycles. The number of carbonyl (C=O) groups excluding carboxylic acids is 2. The molecule has 6 heteroatoms. The molecular formula is C10H6N2O2S2. The van der Waals surface area contributed by atoms with Crippen molar-refractivity contribution < 1.29 is 9.59 Å². The quantitative estimate of drug-likeness (QED) is 0.597. The maximum absolute atomic E-state index is 11.7. The summed E-state index contributed by atoms with van der Waals surface area (Å²) in [4.78, 5) is 25.3. The fraction of sp³-hybridized carbons (Fsp3) is 0.100. The first-order valence-corrected chi connectivity index (χ1v) is 6.08. The molecule has 0 N–H and O–H groups in total. The Hall–Kier alpha value is -1.58. The van der Waals surface area contributed by atoms with Crippen LogP contribution in [0.2, 0.25) is 0 Å². The third-order valence-corrected chi connectivity index (χ3v) is 3.65. The Bertz CT molecular complexity index is 499. The van der Waals surface area contributed by atoms with Crippen LogP contribution in [0.3, 0.4) is 0 Å². The van der Waals surface area contributed by atoms with E-state index in [1.807, 2.05) is 17.5 Å². The van der Waals surface area contributed by atoms with E-state index < -0.39 is 0 Å². The first kappa shape index (κ1) is 10.9. The Morgan fingerprint density at radius 2 is 2.31 bits per heavy atom. The van der Waals surface area contributed by atoms with Gasteiger partial charge in [-0.15, -0.1) is 11.3 Å². The molecule has 2 heterocycles. The highest BCUT2D eigenvalue weighted by atomic mass is 32.2. The van der Waals surface area contributed by atoms with Crippen molar-refractivity contribution in [2.75, 3.05) is 6.54 Å². The average molecular weight is 250 g/mol. The van der Waals surface area contributed by atoms with Gasteiger partial charge < -0.3 is 0 Å². The van der Waals surface area contributed by atoms with Gasteiger partial charge in [-0.1, -0.05) is 6.07 Å². The van der Waals surface area contributed by atoms with Crippen LogP contribution in [0.5, 0.6) is 0 Å². The fourth-order valence-electron chi connectivity index (χ4n) is 1.21. The highest BCUT2D eigenvalue weighted by molar-refractivity contribution is 8.18. The molecule has 16 heavy (non-hydrogen) atoms. The highest BCUT2D eigenvalue weighted by Crippen LogP contribution is 2.32. The molecule has 0 atom stereocenters. The van der Waals surface area contributed by atoms with Crippen LogP contribution in [-0.4, -0.2) is 22.6 Å². The van der Waals surface area contributed by atoms with Gasteiger partial charge in [0.05, 0.1) is 11.0 Å². The first-order chi connectivity index (χ1) is 7.72. The molecule has 4 nitrogen and oxygen atoms in total. The van der Waals surface area contributed by atoms with Crippen LogP contribution in [-0.2, 0) is 4.79 Å². The Kier molecular flexibility index (Phi) is 3.08. The SMILES string of the molecule is N#CCN1C(=O)S/C(=C\c2cccs2)C1=O. The largest absolute Gasteiger partial charge is 0.294 e. The zero-order chi connectivity index (χ0) is 11.5. The second-order valence-electron chi connectivity index (χ2n) is 2.94. The molecule has 0 bridgehead atoms. The standard InChI is InChI=1S/C10H6N2O2S2/c11-3-4-12-9(13)8(16-10(12)14)6-7-2-1-5-15-7/h1-2,5-6H,4H2/b8-6-. The van der Waals surface area contributed by atoms with Gasteiger partial charge in [-0.3, -0.25) is 14.5 Å². The van der Waals surface area contributed by atoms with Crippen LogP contribution in [0.1, 0.15) is 4.88 Å². The van der Waals surface area contributed by atoms with E-state index in [0.29, 0.717) is 4.91 Å². The van der Waals surface area contributed by atoms with Gasteiger partial charge in [0.15, 0.2) is 0 Å². The van der Waals surface area contributed by atoms with Crippen molar-refractivity contribution in [2.24, 2.45) is 0 Å². The number of nitriles is 1. The number of carbonyl (C=O) groups is 2. The van der Waals surface area contributed by atoms with Crippen molar-refractivity contribution in [3.8, 4) is 6.07 Å². The molecule has 0 unspecified atom stereocenters. The number of rotatable bonds is 2. The minimum Gasteiger partial charge on any atom is -0.268 e. The van der Waals surface area contributed by atoms with Crippen LogP contribution in [0.15, 0.2) is 22.4 Å². The molecule has 1 fully saturated rings. The Balaban J connectivity index is 2.24. The van der Waals surface area contributed by atoms with Crippen molar-refractivity contribution in [3.05, 3.63) is 27.3 Å². The molecule has 2 rings (SSSR count). The smallest absolute Gasteiger partial charge is 0.268 e. The molecule has 1 aliphatic heterocycles. The minimum atomic E-state index is -0.384. The molecule has 0 aliphatic carbocycles. The molecule has 1 aromatic heterocycles. The van der Waals surface area contributed by atoms with E-state index in [0.717, 1.165) is 21.5 Å². The van der Waals surface area contributed by atoms with Crippen molar-refractivity contribution in [2.45, 2.75) is 0 Å². The highest BCUT2D eigenvalue weighted by Gasteiger charge is 2.34. The van der Waals surface area contributed by atoms with E-state index in [-0.39, 0.29) is 17.7 Å². The number of nitrogens with zero attached hydrogens (tertiary/aromatic N) is 2. The topological polar surface area (TPSA) is 61.2 Å². The third-order valence-electron chi connectivity index (χ3n) is 1.92. The number of imide groups is 1. The fourth-order valence-corrected chi connectivity index (χ4v) is 2.77. The lowest BCUT2D eigenvalue weighted by Gasteiger charge is -2.04. The lowest BCUT2D eigenvalue weighted by molar-refractivity contribution is -0.122. The molecule has 2 amide bonds. The number of hydrogen-bond donors (Lipinski definition) is 0. The summed E-state index contributed by atoms with van der Waals surface area (Å²) in [6, 6.07) is 5.53. The maximum Gasteiger partial charge on any atom is 0.294 e. The second kappa shape index (κ2) is 4.51. The van der Waals surface area contributed by atoms with E-state index in [9.17, 15) is 9.59 Å². The van der Waals surface area contributed by atoms with Gasteiger partial charge in [0.2, 0.25) is 0 Å². The van der Waals surface area contributed by atoms with E-state index >= 15 is 0 Å². The Morgan fingerprint density at radius 3 is 2.94 bits per heavy atom. The molecule has 0 spiro atoms. The molecule has 80 valence electrons. The number of hydrogen-bond acceptors (Lipinski definition) is 5. The van der Waals surface area contributed by atoms with E-state index in [1.54, 1.807) is 12.1 Å². The summed E-state index contributed by atoms with van der Waals surface area (Å²) in [5, 5.41) is 10.00. The molecule has 1 aliphatic rings. The maximum atomic E-state index is 11.7. The summed E-state index contributed by atoms with van der Waals surface area (Å²) in [7, 11) is 0. The van der Waals surface area contributed by atoms with Gasteiger partial charge in [-0.05, 0) is 29.3 Å². The second-order valence-corrected chi connectivity index (χ2v) is 4.91. The first-order valence-electron chi connectivity index (χ1n) is 4.38. The lowest BCUT2D eigenvalue weighted by atomic mass is 10.4.